The Hall–Kier alpha value is -2.38. The number of hydrogen-bond acceptors (Lipinski definition) is 5. The van der Waals surface area contributed by atoms with Crippen LogP contribution >= 0.6 is 11.8 Å². The summed E-state index contributed by atoms with van der Waals surface area (Å²) in [5.41, 5.74) is 2.81. The van der Waals surface area contributed by atoms with Crippen LogP contribution in [0.5, 0.6) is 0 Å². The maximum Gasteiger partial charge on any atom is 0.338 e. The summed E-state index contributed by atoms with van der Waals surface area (Å²) in [6.07, 6.45) is 0. The van der Waals surface area contributed by atoms with E-state index in [-0.39, 0.29) is 23.7 Å². The average Bonchev–Trinajstić information content (AvgIpc) is 3.07. The third-order valence-electron chi connectivity index (χ3n) is 4.38. The zero-order valence-corrected chi connectivity index (χ0v) is 16.6. The normalized spacial score (nSPS) is 16.5. The van der Waals surface area contributed by atoms with E-state index in [4.69, 9.17) is 9.47 Å². The summed E-state index contributed by atoms with van der Waals surface area (Å²) < 4.78 is 23.6. The van der Waals surface area contributed by atoms with Gasteiger partial charge in [0.15, 0.2) is 0 Å². The highest BCUT2D eigenvalue weighted by Crippen LogP contribution is 2.42. The molecule has 0 spiro atoms. The van der Waals surface area contributed by atoms with E-state index in [9.17, 15) is 14.0 Å². The van der Waals surface area contributed by atoms with Gasteiger partial charge >= 0.3 is 5.97 Å². The first-order valence-electron chi connectivity index (χ1n) is 9.06. The number of carbonyl (C=O) groups is 2. The molecule has 0 saturated carbocycles. The van der Waals surface area contributed by atoms with Crippen molar-refractivity contribution in [2.75, 3.05) is 30.5 Å². The Labute approximate surface area is 167 Å². The van der Waals surface area contributed by atoms with Crippen molar-refractivity contribution in [3.05, 3.63) is 65.0 Å². The molecule has 0 N–H and O–H groups in total. The van der Waals surface area contributed by atoms with Gasteiger partial charge in [0.05, 0.1) is 17.9 Å². The van der Waals surface area contributed by atoms with E-state index in [1.165, 1.54) is 23.9 Å². The highest BCUT2D eigenvalue weighted by molar-refractivity contribution is 8.00. The first-order valence-corrected chi connectivity index (χ1v) is 10.1. The monoisotopic (exact) mass is 403 g/mol. The summed E-state index contributed by atoms with van der Waals surface area (Å²) in [5.74, 6) is -0.406. The maximum absolute atomic E-state index is 13.2. The van der Waals surface area contributed by atoms with Crippen molar-refractivity contribution < 1.29 is 23.5 Å². The fraction of sp³-hybridized carbons (Fsp3) is 0.333. The molecule has 1 saturated heterocycles. The van der Waals surface area contributed by atoms with Crippen LogP contribution in [-0.2, 0) is 14.3 Å². The van der Waals surface area contributed by atoms with Gasteiger partial charge < -0.3 is 9.47 Å². The van der Waals surface area contributed by atoms with Gasteiger partial charge in [0.2, 0.25) is 5.91 Å². The molecule has 1 aliphatic rings. The number of hydrogen-bond donors (Lipinski definition) is 0. The summed E-state index contributed by atoms with van der Waals surface area (Å²) in [4.78, 5) is 26.4. The summed E-state index contributed by atoms with van der Waals surface area (Å²) in [7, 11) is 0. The Balaban J connectivity index is 1.79. The molecular weight excluding hydrogens is 381 g/mol. The molecule has 1 fully saturated rings. The van der Waals surface area contributed by atoms with Crippen molar-refractivity contribution in [1.82, 2.24) is 0 Å². The number of benzene rings is 2. The van der Waals surface area contributed by atoms with E-state index in [1.807, 2.05) is 13.8 Å². The Morgan fingerprint density at radius 1 is 1.21 bits per heavy atom. The van der Waals surface area contributed by atoms with E-state index in [0.717, 1.165) is 16.8 Å². The number of rotatable bonds is 7. The molecule has 1 aliphatic heterocycles. The smallest absolute Gasteiger partial charge is 0.338 e. The second-order valence-electron chi connectivity index (χ2n) is 6.31. The van der Waals surface area contributed by atoms with Crippen LogP contribution in [0, 0.1) is 12.7 Å². The van der Waals surface area contributed by atoms with Crippen LogP contribution in [0.4, 0.5) is 10.1 Å². The molecule has 2 aromatic rings. The van der Waals surface area contributed by atoms with Crippen molar-refractivity contribution in [1.29, 1.82) is 0 Å². The number of thioether (sulfide) groups is 1. The number of aryl methyl sites for hydroxylation is 1. The van der Waals surface area contributed by atoms with Crippen molar-refractivity contribution in [3.63, 3.8) is 0 Å². The lowest BCUT2D eigenvalue weighted by Crippen LogP contribution is -2.28. The molecule has 1 atom stereocenters. The standard InChI is InChI=1S/C21H22FNO4S/c1-3-26-10-11-27-21(25)16-6-9-18(14(2)12-16)23-19(24)13-28-20(23)15-4-7-17(22)8-5-15/h4-9,12,20H,3,10-11,13H2,1-2H3. The molecular formula is C21H22FNO4S. The quantitative estimate of drug-likeness (QED) is 0.515. The average molecular weight is 403 g/mol. The maximum atomic E-state index is 13.2. The number of esters is 1. The van der Waals surface area contributed by atoms with Crippen molar-refractivity contribution in [2.24, 2.45) is 0 Å². The van der Waals surface area contributed by atoms with Gasteiger partial charge in [-0.15, -0.1) is 11.8 Å². The Morgan fingerprint density at radius 3 is 2.64 bits per heavy atom. The lowest BCUT2D eigenvalue weighted by Gasteiger charge is -2.26. The predicted octanol–water partition coefficient (Wildman–Crippen LogP) is 4.11. The Bertz CT molecular complexity index is 856. The molecule has 0 aromatic heterocycles. The minimum absolute atomic E-state index is 0.0190. The first kappa shape index (κ1) is 20.4. The van der Waals surface area contributed by atoms with Gasteiger partial charge in [0.1, 0.15) is 17.8 Å². The van der Waals surface area contributed by atoms with Crippen LogP contribution in [0.1, 0.15) is 33.8 Å². The molecule has 2 aromatic carbocycles. The topological polar surface area (TPSA) is 55.8 Å². The SMILES string of the molecule is CCOCCOC(=O)c1ccc(N2C(=O)CSC2c2ccc(F)cc2)c(C)c1. The second-order valence-corrected chi connectivity index (χ2v) is 7.38. The first-order chi connectivity index (χ1) is 13.5. The third-order valence-corrected chi connectivity index (χ3v) is 5.59. The summed E-state index contributed by atoms with van der Waals surface area (Å²) >= 11 is 1.50. The summed E-state index contributed by atoms with van der Waals surface area (Å²) in [5, 5.41) is -0.226. The molecule has 1 amide bonds. The van der Waals surface area contributed by atoms with E-state index in [1.54, 1.807) is 35.2 Å². The van der Waals surface area contributed by atoms with Gasteiger partial charge in [-0.25, -0.2) is 9.18 Å². The molecule has 0 radical (unpaired) electrons. The number of amides is 1. The van der Waals surface area contributed by atoms with Gasteiger partial charge in [-0.05, 0) is 55.3 Å². The highest BCUT2D eigenvalue weighted by atomic mass is 32.2. The van der Waals surface area contributed by atoms with Crippen LogP contribution in [0.3, 0.4) is 0 Å². The van der Waals surface area contributed by atoms with Crippen molar-refractivity contribution >= 4 is 29.3 Å². The van der Waals surface area contributed by atoms with Crippen LogP contribution in [0.2, 0.25) is 0 Å². The third kappa shape index (κ3) is 4.54. The van der Waals surface area contributed by atoms with Crippen LogP contribution < -0.4 is 4.90 Å². The molecule has 1 unspecified atom stereocenters. The number of halogens is 1. The molecule has 0 bridgehead atoms. The molecule has 0 aliphatic carbocycles. The van der Waals surface area contributed by atoms with E-state index in [2.05, 4.69) is 0 Å². The highest BCUT2D eigenvalue weighted by Gasteiger charge is 2.35. The largest absolute Gasteiger partial charge is 0.460 e. The van der Waals surface area contributed by atoms with Gasteiger partial charge in [0, 0.05) is 12.3 Å². The van der Waals surface area contributed by atoms with Crippen LogP contribution in [-0.4, -0.2) is 37.4 Å². The van der Waals surface area contributed by atoms with Gasteiger partial charge in [0.25, 0.3) is 0 Å². The van der Waals surface area contributed by atoms with Gasteiger partial charge in [-0.2, -0.15) is 0 Å². The van der Waals surface area contributed by atoms with E-state index >= 15 is 0 Å². The molecule has 5 nitrogen and oxygen atoms in total. The summed E-state index contributed by atoms with van der Waals surface area (Å²) in [6, 6.07) is 11.3. The fourth-order valence-corrected chi connectivity index (χ4v) is 4.20. The minimum atomic E-state index is -0.424. The summed E-state index contributed by atoms with van der Waals surface area (Å²) in [6.45, 7) is 4.85. The Morgan fingerprint density at radius 2 is 1.96 bits per heavy atom. The molecule has 1 heterocycles. The van der Waals surface area contributed by atoms with Crippen LogP contribution in [0.25, 0.3) is 0 Å². The lowest BCUT2D eigenvalue weighted by molar-refractivity contribution is -0.115. The zero-order valence-electron chi connectivity index (χ0n) is 15.8. The predicted molar refractivity (Wildman–Crippen MR) is 107 cm³/mol. The van der Waals surface area contributed by atoms with Crippen LogP contribution in [0.15, 0.2) is 42.5 Å². The van der Waals surface area contributed by atoms with E-state index < -0.39 is 5.97 Å². The number of carbonyl (C=O) groups excluding carboxylic acids is 2. The van der Waals surface area contributed by atoms with Crippen molar-refractivity contribution in [2.45, 2.75) is 19.2 Å². The number of anilines is 1. The minimum Gasteiger partial charge on any atom is -0.460 e. The van der Waals surface area contributed by atoms with Gasteiger partial charge in [-0.3, -0.25) is 9.69 Å². The second kappa shape index (κ2) is 9.21. The fourth-order valence-electron chi connectivity index (χ4n) is 3.03. The van der Waals surface area contributed by atoms with Gasteiger partial charge in [-0.1, -0.05) is 12.1 Å². The molecule has 7 heteroatoms. The van der Waals surface area contributed by atoms with Crippen molar-refractivity contribution in [3.8, 4) is 0 Å². The number of nitrogens with zero attached hydrogens (tertiary/aromatic N) is 1. The molecule has 148 valence electrons. The Kier molecular flexibility index (Phi) is 6.70. The van der Waals surface area contributed by atoms with E-state index in [0.29, 0.717) is 24.5 Å². The number of ether oxygens (including phenoxy) is 2. The molecule has 28 heavy (non-hydrogen) atoms. The lowest BCUT2D eigenvalue weighted by atomic mass is 10.1. The molecule has 3 rings (SSSR count). The zero-order chi connectivity index (χ0) is 20.1.